The van der Waals surface area contributed by atoms with Gasteiger partial charge in [0.15, 0.2) is 17.3 Å². The normalized spacial score (nSPS) is 11.5. The molecular formula is C19H13F4NO5. The highest BCUT2D eigenvalue weighted by atomic mass is 19.4. The molecule has 1 N–H and O–H groups in total. The SMILES string of the molecule is CC(=O)Oc1c(C)n(C(=O)c2ccc(OC(F)(F)F)cc2)c2ccc(O)c(F)c12. The molecule has 0 aliphatic rings. The fourth-order valence-corrected chi connectivity index (χ4v) is 2.88. The van der Waals surface area contributed by atoms with E-state index in [2.05, 4.69) is 4.74 Å². The minimum absolute atomic E-state index is 0.00895. The van der Waals surface area contributed by atoms with E-state index in [-0.39, 0.29) is 27.9 Å². The third-order valence-electron chi connectivity index (χ3n) is 4.02. The number of carbonyl (C=O) groups is 2. The third-order valence-corrected chi connectivity index (χ3v) is 4.02. The molecule has 0 aliphatic carbocycles. The van der Waals surface area contributed by atoms with Crippen molar-refractivity contribution >= 4 is 22.8 Å². The van der Waals surface area contributed by atoms with Crippen molar-refractivity contribution in [1.29, 1.82) is 0 Å². The van der Waals surface area contributed by atoms with Crippen molar-refractivity contribution in [1.82, 2.24) is 4.57 Å². The van der Waals surface area contributed by atoms with Crippen LogP contribution in [-0.4, -0.2) is 27.9 Å². The second-order valence-corrected chi connectivity index (χ2v) is 6.01. The first kappa shape index (κ1) is 20.2. The lowest BCUT2D eigenvalue weighted by Gasteiger charge is -2.10. The summed E-state index contributed by atoms with van der Waals surface area (Å²) in [7, 11) is 0. The average molecular weight is 411 g/mol. The van der Waals surface area contributed by atoms with Crippen LogP contribution in [0.5, 0.6) is 17.2 Å². The molecule has 3 aromatic rings. The van der Waals surface area contributed by atoms with Crippen LogP contribution in [0.4, 0.5) is 17.6 Å². The molecule has 0 radical (unpaired) electrons. The van der Waals surface area contributed by atoms with Gasteiger partial charge in [0.2, 0.25) is 0 Å². The number of carbonyl (C=O) groups excluding carboxylic acids is 2. The molecule has 3 rings (SSSR count). The van der Waals surface area contributed by atoms with Crippen LogP contribution in [-0.2, 0) is 4.79 Å². The van der Waals surface area contributed by atoms with Gasteiger partial charge in [-0.25, -0.2) is 4.39 Å². The molecule has 0 spiro atoms. The van der Waals surface area contributed by atoms with Crippen molar-refractivity contribution in [3.8, 4) is 17.2 Å². The summed E-state index contributed by atoms with van der Waals surface area (Å²) in [6, 6.07) is 6.42. The Balaban J connectivity index is 2.12. The lowest BCUT2D eigenvalue weighted by atomic mass is 10.2. The quantitative estimate of drug-likeness (QED) is 0.514. The summed E-state index contributed by atoms with van der Waals surface area (Å²) in [5, 5.41) is 9.36. The van der Waals surface area contributed by atoms with Crippen LogP contribution in [0.2, 0.25) is 0 Å². The van der Waals surface area contributed by atoms with Crippen molar-refractivity contribution in [2.75, 3.05) is 0 Å². The number of hydrogen-bond donors (Lipinski definition) is 1. The van der Waals surface area contributed by atoms with E-state index >= 15 is 0 Å². The zero-order chi connectivity index (χ0) is 21.5. The first-order chi connectivity index (χ1) is 13.5. The molecule has 0 aliphatic heterocycles. The van der Waals surface area contributed by atoms with Gasteiger partial charge in [-0.1, -0.05) is 0 Å². The number of benzene rings is 2. The summed E-state index contributed by atoms with van der Waals surface area (Å²) in [4.78, 5) is 24.3. The zero-order valence-electron chi connectivity index (χ0n) is 15.0. The van der Waals surface area contributed by atoms with E-state index in [1.54, 1.807) is 0 Å². The Kier molecular flexibility index (Phi) is 4.95. The minimum Gasteiger partial charge on any atom is -0.505 e. The number of phenols is 1. The van der Waals surface area contributed by atoms with Gasteiger partial charge >= 0.3 is 12.3 Å². The smallest absolute Gasteiger partial charge is 0.505 e. The summed E-state index contributed by atoms with van der Waals surface area (Å²) in [5.74, 6) is -4.02. The number of fused-ring (bicyclic) bond motifs is 1. The fourth-order valence-electron chi connectivity index (χ4n) is 2.88. The largest absolute Gasteiger partial charge is 0.573 e. The van der Waals surface area contributed by atoms with E-state index in [0.717, 1.165) is 41.8 Å². The van der Waals surface area contributed by atoms with Crippen molar-refractivity contribution in [2.24, 2.45) is 0 Å². The molecule has 0 fully saturated rings. The Morgan fingerprint density at radius 2 is 1.69 bits per heavy atom. The van der Waals surface area contributed by atoms with Crippen LogP contribution >= 0.6 is 0 Å². The van der Waals surface area contributed by atoms with Gasteiger partial charge in [0.1, 0.15) is 5.75 Å². The minimum atomic E-state index is -4.88. The van der Waals surface area contributed by atoms with Gasteiger partial charge in [-0.05, 0) is 43.3 Å². The number of nitrogens with zero attached hydrogens (tertiary/aromatic N) is 1. The van der Waals surface area contributed by atoms with Crippen LogP contribution in [0.25, 0.3) is 10.9 Å². The topological polar surface area (TPSA) is 77.8 Å². The van der Waals surface area contributed by atoms with E-state index in [0.29, 0.717) is 0 Å². The van der Waals surface area contributed by atoms with E-state index in [9.17, 15) is 32.3 Å². The number of alkyl halides is 3. The number of aromatic nitrogens is 1. The van der Waals surface area contributed by atoms with Crippen molar-refractivity contribution in [2.45, 2.75) is 20.2 Å². The van der Waals surface area contributed by atoms with Gasteiger partial charge in [0.25, 0.3) is 5.91 Å². The number of hydrogen-bond acceptors (Lipinski definition) is 5. The number of aromatic hydroxyl groups is 1. The predicted molar refractivity (Wildman–Crippen MR) is 92.5 cm³/mol. The second kappa shape index (κ2) is 7.12. The standard InChI is InChI=1S/C19H13F4NO5/c1-9-17(28-10(2)25)15-13(7-8-14(26)16(15)20)24(9)18(27)11-3-5-12(6-4-11)29-19(21,22)23/h3-8,26H,1-2H3. The molecule has 1 aromatic heterocycles. The molecular weight excluding hydrogens is 398 g/mol. The molecule has 0 saturated heterocycles. The van der Waals surface area contributed by atoms with Gasteiger partial charge in [-0.15, -0.1) is 13.2 Å². The van der Waals surface area contributed by atoms with Gasteiger partial charge in [-0.3, -0.25) is 14.2 Å². The van der Waals surface area contributed by atoms with Crippen LogP contribution in [0.3, 0.4) is 0 Å². The number of ether oxygens (including phenoxy) is 2. The Bertz CT molecular complexity index is 1120. The van der Waals surface area contributed by atoms with Crippen molar-refractivity contribution < 1.29 is 41.7 Å². The fraction of sp³-hybridized carbons (Fsp3) is 0.158. The molecule has 0 atom stereocenters. The van der Waals surface area contributed by atoms with E-state index in [4.69, 9.17) is 4.74 Å². The van der Waals surface area contributed by atoms with Gasteiger partial charge in [-0.2, -0.15) is 0 Å². The van der Waals surface area contributed by atoms with Gasteiger partial charge in [0.05, 0.1) is 16.6 Å². The highest BCUT2D eigenvalue weighted by Crippen LogP contribution is 2.38. The van der Waals surface area contributed by atoms with E-state index in [1.165, 1.54) is 13.0 Å². The lowest BCUT2D eigenvalue weighted by Crippen LogP contribution is -2.17. The monoisotopic (exact) mass is 411 g/mol. The summed E-state index contributed by atoms with van der Waals surface area (Å²) in [6.45, 7) is 2.48. The average Bonchev–Trinajstić information content (AvgIpc) is 2.89. The van der Waals surface area contributed by atoms with Crippen molar-refractivity contribution in [3.63, 3.8) is 0 Å². The van der Waals surface area contributed by atoms with Crippen LogP contribution in [0.1, 0.15) is 23.0 Å². The lowest BCUT2D eigenvalue weighted by molar-refractivity contribution is -0.274. The van der Waals surface area contributed by atoms with Crippen molar-refractivity contribution in [3.05, 3.63) is 53.5 Å². The number of esters is 1. The Morgan fingerprint density at radius 1 is 1.07 bits per heavy atom. The summed E-state index contributed by atoms with van der Waals surface area (Å²) in [6.07, 6.45) is -4.88. The molecule has 0 unspecified atom stereocenters. The molecule has 0 bridgehead atoms. The third kappa shape index (κ3) is 3.86. The molecule has 6 nitrogen and oxygen atoms in total. The molecule has 1 heterocycles. The van der Waals surface area contributed by atoms with Crippen LogP contribution in [0.15, 0.2) is 36.4 Å². The maximum Gasteiger partial charge on any atom is 0.573 e. The number of halogens is 4. The van der Waals surface area contributed by atoms with Gasteiger partial charge < -0.3 is 14.6 Å². The highest BCUT2D eigenvalue weighted by Gasteiger charge is 2.31. The molecule has 152 valence electrons. The molecule has 0 amide bonds. The maximum absolute atomic E-state index is 14.5. The van der Waals surface area contributed by atoms with E-state index in [1.807, 2.05) is 0 Å². The molecule has 2 aromatic carbocycles. The van der Waals surface area contributed by atoms with Crippen LogP contribution in [0, 0.1) is 12.7 Å². The summed E-state index contributed by atoms with van der Waals surface area (Å²) < 4.78 is 61.2. The summed E-state index contributed by atoms with van der Waals surface area (Å²) >= 11 is 0. The molecule has 10 heteroatoms. The van der Waals surface area contributed by atoms with Crippen LogP contribution < -0.4 is 9.47 Å². The Morgan fingerprint density at radius 3 is 2.24 bits per heavy atom. The second-order valence-electron chi connectivity index (χ2n) is 6.01. The van der Waals surface area contributed by atoms with Gasteiger partial charge in [0, 0.05) is 12.5 Å². The maximum atomic E-state index is 14.5. The Labute approximate surface area is 160 Å². The number of phenolic OH excluding ortho intramolecular Hbond substituents is 1. The summed E-state index contributed by atoms with van der Waals surface area (Å²) in [5.41, 5.74) is 0.0531. The molecule has 0 saturated carbocycles. The first-order valence-electron chi connectivity index (χ1n) is 8.11. The zero-order valence-corrected chi connectivity index (χ0v) is 15.0. The number of rotatable bonds is 3. The highest BCUT2D eigenvalue weighted by molar-refractivity contribution is 6.06. The Hall–Kier alpha value is -3.56. The predicted octanol–water partition coefficient (Wildman–Crippen LogP) is 4.31. The van der Waals surface area contributed by atoms with E-state index < -0.39 is 35.6 Å². The first-order valence-corrected chi connectivity index (χ1v) is 8.11. The molecule has 29 heavy (non-hydrogen) atoms.